The van der Waals surface area contributed by atoms with Gasteiger partial charge in [-0.15, -0.1) is 0 Å². The van der Waals surface area contributed by atoms with E-state index in [4.69, 9.17) is 13.8 Å². The molecule has 7 nitrogen and oxygen atoms in total. The van der Waals surface area contributed by atoms with Crippen molar-refractivity contribution in [3.8, 4) is 5.75 Å². The molecular formula is C36H66NO6P. The molecule has 0 aliphatic heterocycles. The lowest BCUT2D eigenvalue weighted by atomic mass is 9.94. The Balaban J connectivity index is 2.30. The van der Waals surface area contributed by atoms with Crippen molar-refractivity contribution in [2.24, 2.45) is 5.92 Å². The van der Waals surface area contributed by atoms with Crippen molar-refractivity contribution >= 4 is 13.6 Å². The number of Topliss-reactive ketones (excluding diaryl/α,β-unsaturated/α-hetero) is 1. The number of benzene rings is 1. The maximum absolute atomic E-state index is 12.4. The average molecular weight is 640 g/mol. The third-order valence-corrected chi connectivity index (χ3v) is 9.18. The molecule has 0 amide bonds. The molecule has 0 aliphatic carbocycles. The van der Waals surface area contributed by atoms with Crippen LogP contribution in [0.1, 0.15) is 148 Å². The lowest BCUT2D eigenvalue weighted by molar-refractivity contribution is -0.120. The Labute approximate surface area is 270 Å². The summed E-state index contributed by atoms with van der Waals surface area (Å²) in [4.78, 5) is 22.4. The second kappa shape index (κ2) is 28.0. The first-order valence-corrected chi connectivity index (χ1v) is 19.4. The Morgan fingerprint density at radius 3 is 1.89 bits per heavy atom. The maximum Gasteiger partial charge on any atom is 0.472 e. The fraction of sp³-hybridized carbons (Fsp3) is 0.806. The first-order valence-electron chi connectivity index (χ1n) is 17.9. The van der Waals surface area contributed by atoms with Gasteiger partial charge in [0.1, 0.15) is 11.5 Å². The van der Waals surface area contributed by atoms with Crippen LogP contribution < -0.4 is 10.1 Å². The fourth-order valence-electron chi connectivity index (χ4n) is 5.43. The highest BCUT2D eigenvalue weighted by molar-refractivity contribution is 7.47. The topological polar surface area (TPSA) is 94.1 Å². The van der Waals surface area contributed by atoms with Gasteiger partial charge in [-0.3, -0.25) is 13.8 Å². The molecular weight excluding hydrogens is 573 g/mol. The molecule has 2 unspecified atom stereocenters. The second-order valence-corrected chi connectivity index (χ2v) is 13.8. The van der Waals surface area contributed by atoms with Gasteiger partial charge in [0, 0.05) is 12.8 Å². The molecule has 0 aliphatic rings. The van der Waals surface area contributed by atoms with E-state index >= 15 is 0 Å². The number of phosphoric ester groups is 1. The lowest BCUT2D eigenvalue weighted by Crippen LogP contribution is -2.17. The third kappa shape index (κ3) is 23.1. The minimum atomic E-state index is -4.17. The minimum absolute atomic E-state index is 0.0243. The second-order valence-electron chi connectivity index (χ2n) is 12.3. The van der Waals surface area contributed by atoms with Gasteiger partial charge in [0.25, 0.3) is 0 Å². The minimum Gasteiger partial charge on any atom is -0.493 e. The Kier molecular flexibility index (Phi) is 26.0. The number of unbranched alkanes of at least 4 members (excludes halogenated alkanes) is 16. The summed E-state index contributed by atoms with van der Waals surface area (Å²) in [5.74, 6) is 0.678. The predicted molar refractivity (Wildman–Crippen MR) is 183 cm³/mol. The van der Waals surface area contributed by atoms with Crippen molar-refractivity contribution < 1.29 is 28.0 Å². The Bertz CT molecular complexity index is 867. The number of phosphoric acid groups is 1. The van der Waals surface area contributed by atoms with Crippen LogP contribution in [0.25, 0.3) is 0 Å². The van der Waals surface area contributed by atoms with Crippen LogP contribution in [0.5, 0.6) is 5.75 Å². The molecule has 2 N–H and O–H groups in total. The molecule has 8 heteroatoms. The summed E-state index contributed by atoms with van der Waals surface area (Å²) >= 11 is 0. The largest absolute Gasteiger partial charge is 0.493 e. The summed E-state index contributed by atoms with van der Waals surface area (Å²) in [5, 5.41) is 3.04. The van der Waals surface area contributed by atoms with Crippen molar-refractivity contribution in [2.45, 2.75) is 149 Å². The molecule has 0 bridgehead atoms. The van der Waals surface area contributed by atoms with Crippen LogP contribution in [-0.2, 0) is 24.8 Å². The Morgan fingerprint density at radius 2 is 1.32 bits per heavy atom. The molecule has 0 heterocycles. The van der Waals surface area contributed by atoms with Gasteiger partial charge < -0.3 is 14.9 Å². The lowest BCUT2D eigenvalue weighted by Gasteiger charge is -2.20. The predicted octanol–water partition coefficient (Wildman–Crippen LogP) is 9.99. The molecule has 1 aromatic carbocycles. The maximum atomic E-state index is 12.4. The number of hydrogen-bond acceptors (Lipinski definition) is 6. The number of ether oxygens (including phenoxy) is 1. The van der Waals surface area contributed by atoms with E-state index < -0.39 is 7.82 Å². The Morgan fingerprint density at radius 1 is 0.773 bits per heavy atom. The van der Waals surface area contributed by atoms with Crippen LogP contribution >= 0.6 is 7.82 Å². The zero-order valence-corrected chi connectivity index (χ0v) is 29.4. The molecule has 0 saturated heterocycles. The summed E-state index contributed by atoms with van der Waals surface area (Å²) in [5.41, 5.74) is 0.988. The highest BCUT2D eigenvalue weighted by atomic mass is 31.2. The van der Waals surface area contributed by atoms with Gasteiger partial charge in [-0.1, -0.05) is 128 Å². The molecule has 0 saturated carbocycles. The number of ketones is 1. The van der Waals surface area contributed by atoms with Crippen LogP contribution in [0, 0.1) is 5.92 Å². The van der Waals surface area contributed by atoms with Gasteiger partial charge in [-0.05, 0) is 56.8 Å². The van der Waals surface area contributed by atoms with Crippen LogP contribution in [0.2, 0.25) is 0 Å². The van der Waals surface area contributed by atoms with E-state index in [1.165, 1.54) is 96.3 Å². The summed E-state index contributed by atoms with van der Waals surface area (Å²) in [6, 6.07) is 7.89. The number of hydrogen-bond donors (Lipinski definition) is 2. The van der Waals surface area contributed by atoms with E-state index in [1.807, 2.05) is 38.2 Å². The SMILES string of the molecule is CCCCCCCCCCCCCCCCCCOc1ccccc1CC(COP(=O)(O)OCCCCNC)CC(=O)CC. The third-order valence-electron chi connectivity index (χ3n) is 8.20. The quantitative estimate of drug-likeness (QED) is 0.0598. The zero-order valence-electron chi connectivity index (χ0n) is 28.5. The number of nitrogens with one attached hydrogen (secondary N) is 1. The highest BCUT2D eigenvalue weighted by Gasteiger charge is 2.25. The van der Waals surface area contributed by atoms with Gasteiger partial charge in [0.2, 0.25) is 0 Å². The van der Waals surface area contributed by atoms with E-state index in [1.54, 1.807) is 0 Å². The number of carbonyl (C=O) groups is 1. The van der Waals surface area contributed by atoms with Crippen molar-refractivity contribution in [1.82, 2.24) is 5.32 Å². The first-order chi connectivity index (χ1) is 21.4. The molecule has 256 valence electrons. The van der Waals surface area contributed by atoms with Gasteiger partial charge in [-0.25, -0.2) is 4.57 Å². The molecule has 0 aromatic heterocycles. The smallest absolute Gasteiger partial charge is 0.472 e. The summed E-state index contributed by atoms with van der Waals surface area (Å²) in [6.07, 6.45) is 24.2. The molecule has 0 radical (unpaired) electrons. The molecule has 0 fully saturated rings. The van der Waals surface area contributed by atoms with Crippen molar-refractivity contribution in [3.05, 3.63) is 29.8 Å². The van der Waals surface area contributed by atoms with Crippen molar-refractivity contribution in [1.29, 1.82) is 0 Å². The van der Waals surface area contributed by atoms with Gasteiger partial charge in [0.05, 0.1) is 19.8 Å². The number of carbonyl (C=O) groups excluding carboxylic acids is 1. The summed E-state index contributed by atoms with van der Waals surface area (Å²) < 4.78 is 29.0. The van der Waals surface area contributed by atoms with Gasteiger partial charge in [0.15, 0.2) is 0 Å². The molecule has 2 atom stereocenters. The number of para-hydroxylation sites is 1. The van der Waals surface area contributed by atoms with Crippen LogP contribution in [0.15, 0.2) is 24.3 Å². The average Bonchev–Trinajstić information content (AvgIpc) is 3.02. The Hall–Kier alpha value is -1.24. The van der Waals surface area contributed by atoms with Crippen molar-refractivity contribution in [3.63, 3.8) is 0 Å². The zero-order chi connectivity index (χ0) is 32.1. The molecule has 0 spiro atoms. The van der Waals surface area contributed by atoms with E-state index in [-0.39, 0.29) is 31.3 Å². The highest BCUT2D eigenvalue weighted by Crippen LogP contribution is 2.44. The first kappa shape index (κ1) is 40.8. The standard InChI is InChI=1S/C36H66NO6P/c1-4-6-7-8-9-10-11-12-13-14-15-16-17-18-19-23-28-41-36-26-21-20-25-34(36)30-33(31-35(38)5-2)32-43-44(39,40)42-29-24-22-27-37-3/h20-21,25-26,33,37H,4-19,22-24,27-32H2,1-3H3,(H,39,40). The van der Waals surface area contributed by atoms with Gasteiger partial charge in [-0.2, -0.15) is 0 Å². The van der Waals surface area contributed by atoms with E-state index in [9.17, 15) is 14.3 Å². The summed E-state index contributed by atoms with van der Waals surface area (Å²) in [6.45, 7) is 5.73. The van der Waals surface area contributed by atoms with E-state index in [0.29, 0.717) is 25.9 Å². The van der Waals surface area contributed by atoms with E-state index in [2.05, 4.69) is 12.2 Å². The van der Waals surface area contributed by atoms with E-state index in [0.717, 1.165) is 30.7 Å². The van der Waals surface area contributed by atoms with Crippen LogP contribution in [-0.4, -0.2) is 44.1 Å². The van der Waals surface area contributed by atoms with Gasteiger partial charge >= 0.3 is 7.82 Å². The molecule has 1 rings (SSSR count). The number of rotatable bonds is 32. The monoisotopic (exact) mass is 639 g/mol. The van der Waals surface area contributed by atoms with Crippen LogP contribution in [0.3, 0.4) is 0 Å². The van der Waals surface area contributed by atoms with Crippen LogP contribution in [0.4, 0.5) is 0 Å². The molecule has 44 heavy (non-hydrogen) atoms. The molecule has 1 aromatic rings. The normalized spacial score (nSPS) is 13.5. The summed E-state index contributed by atoms with van der Waals surface area (Å²) in [7, 11) is -2.31. The van der Waals surface area contributed by atoms with Crippen molar-refractivity contribution in [2.75, 3.05) is 33.4 Å². The fourth-order valence-corrected chi connectivity index (χ4v) is 6.27.